The van der Waals surface area contributed by atoms with E-state index in [2.05, 4.69) is 32.9 Å². The fourth-order valence-corrected chi connectivity index (χ4v) is 2.26. The number of ether oxygens (including phenoxy) is 1. The molecule has 0 bridgehead atoms. The number of hydrogen-bond donors (Lipinski definition) is 1. The monoisotopic (exact) mass is 346 g/mol. The lowest BCUT2D eigenvalue weighted by molar-refractivity contribution is -0.127. The fraction of sp³-hybridized carbons (Fsp3) is 0.500. The van der Waals surface area contributed by atoms with E-state index in [1.165, 1.54) is 0 Å². The number of halogens is 1. The zero-order chi connectivity index (χ0) is 12.3. The van der Waals surface area contributed by atoms with Crippen molar-refractivity contribution in [2.75, 3.05) is 11.9 Å². The van der Waals surface area contributed by atoms with E-state index in [9.17, 15) is 4.79 Å². The van der Waals surface area contributed by atoms with Crippen molar-refractivity contribution in [2.24, 2.45) is 5.92 Å². The van der Waals surface area contributed by atoms with Crippen LogP contribution in [-0.2, 0) is 9.53 Å². The van der Waals surface area contributed by atoms with Crippen LogP contribution in [0.4, 0.5) is 5.82 Å². The Morgan fingerprint density at radius 1 is 1.59 bits per heavy atom. The topological polar surface area (TPSA) is 51.2 Å². The minimum atomic E-state index is -0.0650. The molecule has 0 aliphatic carbocycles. The summed E-state index contributed by atoms with van der Waals surface area (Å²) < 4.78 is 6.54. The summed E-state index contributed by atoms with van der Waals surface area (Å²) in [7, 11) is 0. The number of aromatic nitrogens is 1. The van der Waals surface area contributed by atoms with Gasteiger partial charge in [0.1, 0.15) is 5.82 Å². The molecule has 0 saturated carbocycles. The van der Waals surface area contributed by atoms with Crippen molar-refractivity contribution in [3.05, 3.63) is 21.9 Å². The second-order valence-electron chi connectivity index (χ2n) is 4.18. The van der Waals surface area contributed by atoms with E-state index in [-0.39, 0.29) is 17.9 Å². The molecule has 1 saturated heterocycles. The van der Waals surface area contributed by atoms with Crippen LogP contribution in [-0.4, -0.2) is 23.6 Å². The summed E-state index contributed by atoms with van der Waals surface area (Å²) in [5, 5.41) is 2.84. The molecule has 1 aliphatic rings. The molecule has 4 nitrogen and oxygen atoms in total. The van der Waals surface area contributed by atoms with Gasteiger partial charge in [0.25, 0.3) is 0 Å². The molecule has 1 aromatic rings. The Morgan fingerprint density at radius 2 is 2.41 bits per heavy atom. The first-order valence-corrected chi connectivity index (χ1v) is 6.79. The smallest absolute Gasteiger partial charge is 0.231 e. The van der Waals surface area contributed by atoms with Crippen molar-refractivity contribution in [2.45, 2.75) is 25.9 Å². The van der Waals surface area contributed by atoms with Gasteiger partial charge in [0.2, 0.25) is 5.91 Å². The number of rotatable bonds is 2. The van der Waals surface area contributed by atoms with Gasteiger partial charge in [0.15, 0.2) is 0 Å². The summed E-state index contributed by atoms with van der Waals surface area (Å²) in [4.78, 5) is 16.2. The fourth-order valence-electron chi connectivity index (χ4n) is 1.94. The maximum atomic E-state index is 12.0. The molecule has 1 N–H and O–H groups in total. The molecule has 0 spiro atoms. The van der Waals surface area contributed by atoms with Crippen molar-refractivity contribution < 1.29 is 9.53 Å². The Hall–Kier alpha value is -0.690. The molecule has 2 unspecified atom stereocenters. The molecule has 1 amide bonds. The largest absolute Gasteiger partial charge is 0.378 e. The predicted molar refractivity (Wildman–Crippen MR) is 73.7 cm³/mol. The highest BCUT2D eigenvalue weighted by molar-refractivity contribution is 14.1. The lowest BCUT2D eigenvalue weighted by Gasteiger charge is -2.27. The first-order valence-electron chi connectivity index (χ1n) is 5.71. The number of hydrogen-bond acceptors (Lipinski definition) is 3. The molecule has 2 rings (SSSR count). The van der Waals surface area contributed by atoms with Gasteiger partial charge in [-0.1, -0.05) is 0 Å². The third kappa shape index (κ3) is 3.38. The molecular formula is C12H15IN2O2. The Labute approximate surface area is 114 Å². The summed E-state index contributed by atoms with van der Waals surface area (Å²) in [6, 6.07) is 3.73. The summed E-state index contributed by atoms with van der Waals surface area (Å²) in [5.41, 5.74) is 0. The van der Waals surface area contributed by atoms with Gasteiger partial charge in [-0.3, -0.25) is 4.79 Å². The van der Waals surface area contributed by atoms with Crippen LogP contribution in [0.1, 0.15) is 19.8 Å². The highest BCUT2D eigenvalue weighted by Gasteiger charge is 2.28. The van der Waals surface area contributed by atoms with Crippen LogP contribution in [0, 0.1) is 9.49 Å². The zero-order valence-electron chi connectivity index (χ0n) is 9.65. The average Bonchev–Trinajstić information content (AvgIpc) is 2.32. The van der Waals surface area contributed by atoms with Gasteiger partial charge in [0, 0.05) is 16.4 Å². The Morgan fingerprint density at radius 3 is 3.06 bits per heavy atom. The van der Waals surface area contributed by atoms with Crippen molar-refractivity contribution in [3.8, 4) is 0 Å². The van der Waals surface area contributed by atoms with Gasteiger partial charge in [0.05, 0.1) is 12.0 Å². The van der Waals surface area contributed by atoms with E-state index in [4.69, 9.17) is 4.74 Å². The molecule has 0 aromatic carbocycles. The Bertz CT molecular complexity index is 394. The number of nitrogens with one attached hydrogen (secondary N) is 1. The number of amides is 1. The standard InChI is InChI=1S/C12H15IN2O2/c1-8-10(3-2-6-17-8)12(16)15-11-5-4-9(13)7-14-11/h4-5,7-8,10H,2-3,6H2,1H3,(H,14,15,16). The third-order valence-corrected chi connectivity index (χ3v) is 3.56. The number of nitrogens with zero attached hydrogens (tertiary/aromatic N) is 1. The molecule has 2 atom stereocenters. The van der Waals surface area contributed by atoms with Crippen LogP contribution >= 0.6 is 22.6 Å². The molecular weight excluding hydrogens is 331 g/mol. The zero-order valence-corrected chi connectivity index (χ0v) is 11.8. The van der Waals surface area contributed by atoms with Crippen LogP contribution in [0.5, 0.6) is 0 Å². The normalized spacial score (nSPS) is 24.4. The van der Waals surface area contributed by atoms with Crippen LogP contribution in [0.15, 0.2) is 18.3 Å². The first-order chi connectivity index (χ1) is 8.16. The van der Waals surface area contributed by atoms with Crippen molar-refractivity contribution in [1.82, 2.24) is 4.98 Å². The second kappa shape index (κ2) is 5.77. The van der Waals surface area contributed by atoms with Gasteiger partial charge in [-0.15, -0.1) is 0 Å². The van der Waals surface area contributed by atoms with Gasteiger partial charge >= 0.3 is 0 Å². The first kappa shape index (κ1) is 12.8. The number of carbonyl (C=O) groups excluding carboxylic acids is 1. The van der Waals surface area contributed by atoms with E-state index >= 15 is 0 Å². The van der Waals surface area contributed by atoms with Gasteiger partial charge in [-0.2, -0.15) is 0 Å². The van der Waals surface area contributed by atoms with Crippen molar-refractivity contribution in [1.29, 1.82) is 0 Å². The maximum absolute atomic E-state index is 12.0. The van der Waals surface area contributed by atoms with E-state index < -0.39 is 0 Å². The van der Waals surface area contributed by atoms with Crippen LogP contribution < -0.4 is 5.32 Å². The lowest BCUT2D eigenvalue weighted by Crippen LogP contribution is -2.36. The third-order valence-electron chi connectivity index (χ3n) is 2.92. The van der Waals surface area contributed by atoms with E-state index in [1.807, 2.05) is 19.1 Å². The van der Waals surface area contributed by atoms with Gasteiger partial charge in [-0.25, -0.2) is 4.98 Å². The summed E-state index contributed by atoms with van der Waals surface area (Å²) >= 11 is 2.18. The summed E-state index contributed by atoms with van der Waals surface area (Å²) in [6.45, 7) is 2.71. The van der Waals surface area contributed by atoms with Crippen molar-refractivity contribution in [3.63, 3.8) is 0 Å². The van der Waals surface area contributed by atoms with E-state index in [1.54, 1.807) is 6.20 Å². The SMILES string of the molecule is CC1OCCCC1C(=O)Nc1ccc(I)cn1. The second-order valence-corrected chi connectivity index (χ2v) is 5.42. The highest BCUT2D eigenvalue weighted by Crippen LogP contribution is 2.22. The van der Waals surface area contributed by atoms with E-state index in [0.717, 1.165) is 23.0 Å². The molecule has 1 aliphatic heterocycles. The summed E-state index contributed by atoms with van der Waals surface area (Å²) in [6.07, 6.45) is 3.56. The average molecular weight is 346 g/mol. The van der Waals surface area contributed by atoms with Gasteiger partial charge < -0.3 is 10.1 Å². The highest BCUT2D eigenvalue weighted by atomic mass is 127. The maximum Gasteiger partial charge on any atom is 0.231 e. The molecule has 1 fully saturated rings. The Kier molecular flexibility index (Phi) is 4.33. The number of anilines is 1. The van der Waals surface area contributed by atoms with Crippen LogP contribution in [0.25, 0.3) is 0 Å². The van der Waals surface area contributed by atoms with Crippen LogP contribution in [0.2, 0.25) is 0 Å². The lowest BCUT2D eigenvalue weighted by atomic mass is 9.94. The molecule has 1 aromatic heterocycles. The minimum absolute atomic E-state index is 0.00547. The molecule has 17 heavy (non-hydrogen) atoms. The molecule has 0 radical (unpaired) electrons. The van der Waals surface area contributed by atoms with Crippen molar-refractivity contribution >= 4 is 34.3 Å². The Balaban J connectivity index is 1.98. The number of pyridine rings is 1. The molecule has 5 heteroatoms. The number of carbonyl (C=O) groups is 1. The van der Waals surface area contributed by atoms with E-state index in [0.29, 0.717) is 5.82 Å². The predicted octanol–water partition coefficient (Wildman–Crippen LogP) is 2.44. The molecule has 2 heterocycles. The minimum Gasteiger partial charge on any atom is -0.378 e. The van der Waals surface area contributed by atoms with Gasteiger partial charge in [-0.05, 0) is 54.5 Å². The quantitative estimate of drug-likeness (QED) is 0.837. The molecule has 92 valence electrons. The summed E-state index contributed by atoms with van der Waals surface area (Å²) in [5.74, 6) is 0.545. The van der Waals surface area contributed by atoms with Crippen LogP contribution in [0.3, 0.4) is 0 Å².